The molecule has 3 rings (SSSR count). The Hall–Kier alpha value is -1.35. The first-order valence-corrected chi connectivity index (χ1v) is 6.20. The van der Waals surface area contributed by atoms with E-state index in [4.69, 9.17) is 4.74 Å². The molecule has 0 aromatic heterocycles. The van der Waals surface area contributed by atoms with Crippen molar-refractivity contribution in [3.05, 3.63) is 35.4 Å². The maximum absolute atomic E-state index is 12.5. The van der Waals surface area contributed by atoms with Crippen molar-refractivity contribution in [3.63, 3.8) is 0 Å². The molecular weight excluding hydrogens is 214 g/mol. The van der Waals surface area contributed by atoms with Gasteiger partial charge in [0.1, 0.15) is 6.23 Å². The summed E-state index contributed by atoms with van der Waals surface area (Å²) >= 11 is 0. The molecule has 0 spiro atoms. The topological polar surface area (TPSA) is 29.5 Å². The molecule has 2 aliphatic rings. The van der Waals surface area contributed by atoms with Gasteiger partial charge in [-0.15, -0.1) is 0 Å². The van der Waals surface area contributed by atoms with E-state index < -0.39 is 0 Å². The number of carbonyl (C=O) groups is 1. The largest absolute Gasteiger partial charge is 0.356 e. The molecule has 0 N–H and O–H groups in total. The molecule has 1 aromatic carbocycles. The third kappa shape index (κ3) is 1.57. The van der Waals surface area contributed by atoms with Gasteiger partial charge in [0.05, 0.1) is 12.6 Å². The van der Waals surface area contributed by atoms with E-state index in [2.05, 4.69) is 13.8 Å². The second-order valence-corrected chi connectivity index (χ2v) is 5.17. The lowest BCUT2D eigenvalue weighted by Crippen LogP contribution is -2.48. The molecule has 0 radical (unpaired) electrons. The van der Waals surface area contributed by atoms with Crippen LogP contribution in [0, 0.1) is 5.92 Å². The van der Waals surface area contributed by atoms with Gasteiger partial charge in [-0.05, 0) is 17.5 Å². The van der Waals surface area contributed by atoms with Crippen LogP contribution in [0.3, 0.4) is 0 Å². The fourth-order valence-corrected chi connectivity index (χ4v) is 2.77. The summed E-state index contributed by atoms with van der Waals surface area (Å²) < 4.78 is 5.76. The molecule has 2 heterocycles. The zero-order valence-electron chi connectivity index (χ0n) is 10.2. The van der Waals surface area contributed by atoms with E-state index in [1.54, 1.807) is 0 Å². The Kier molecular flexibility index (Phi) is 2.44. The van der Waals surface area contributed by atoms with E-state index in [0.29, 0.717) is 12.5 Å². The number of nitrogens with zero attached hydrogens (tertiary/aromatic N) is 1. The van der Waals surface area contributed by atoms with Gasteiger partial charge in [-0.25, -0.2) is 0 Å². The summed E-state index contributed by atoms with van der Waals surface area (Å²) in [6, 6.07) is 8.08. The van der Waals surface area contributed by atoms with Crippen LogP contribution >= 0.6 is 0 Å². The van der Waals surface area contributed by atoms with Crippen molar-refractivity contribution in [3.8, 4) is 0 Å². The lowest BCUT2D eigenvalue weighted by atomic mass is 9.95. The first-order valence-electron chi connectivity index (χ1n) is 6.20. The van der Waals surface area contributed by atoms with Crippen molar-refractivity contribution in [2.45, 2.75) is 32.5 Å². The molecule has 0 aliphatic carbocycles. The predicted molar refractivity (Wildman–Crippen MR) is 64.7 cm³/mol. The third-order valence-electron chi connectivity index (χ3n) is 3.77. The molecule has 3 heteroatoms. The van der Waals surface area contributed by atoms with Gasteiger partial charge in [-0.3, -0.25) is 4.79 Å². The first kappa shape index (κ1) is 10.8. The van der Waals surface area contributed by atoms with Gasteiger partial charge in [0.15, 0.2) is 0 Å². The van der Waals surface area contributed by atoms with Crippen LogP contribution in [0.4, 0.5) is 0 Å². The van der Waals surface area contributed by atoms with E-state index in [-0.39, 0.29) is 18.2 Å². The summed E-state index contributed by atoms with van der Waals surface area (Å²) in [5, 5.41) is 0. The zero-order valence-corrected chi connectivity index (χ0v) is 10.2. The van der Waals surface area contributed by atoms with Crippen LogP contribution in [0.5, 0.6) is 0 Å². The Labute approximate surface area is 101 Å². The maximum Gasteiger partial charge on any atom is 0.256 e. The zero-order chi connectivity index (χ0) is 12.0. The average molecular weight is 231 g/mol. The van der Waals surface area contributed by atoms with Crippen molar-refractivity contribution >= 4 is 5.91 Å². The number of hydrogen-bond donors (Lipinski definition) is 0. The number of ether oxygens (including phenoxy) is 1. The highest BCUT2D eigenvalue weighted by Crippen LogP contribution is 2.32. The number of amides is 1. The van der Waals surface area contributed by atoms with Crippen molar-refractivity contribution in [1.82, 2.24) is 4.90 Å². The Balaban J connectivity index is 2.00. The molecule has 90 valence electrons. The molecule has 2 aliphatic heterocycles. The van der Waals surface area contributed by atoms with Crippen molar-refractivity contribution in [2.75, 3.05) is 6.61 Å². The standard InChI is InChI=1S/C14H17NO2/c1-9(2)12-8-17-13-7-10-5-3-4-6-11(10)14(16)15(12)13/h3-6,9,12-13H,7-8H2,1-2H3/t12-,13+/m1/s1. The van der Waals surface area contributed by atoms with Gasteiger partial charge in [-0.1, -0.05) is 32.0 Å². The normalized spacial score (nSPS) is 27.2. The fraction of sp³-hybridized carbons (Fsp3) is 0.500. The van der Waals surface area contributed by atoms with Crippen molar-refractivity contribution in [2.24, 2.45) is 5.92 Å². The van der Waals surface area contributed by atoms with Gasteiger partial charge < -0.3 is 9.64 Å². The Morgan fingerprint density at radius 3 is 2.88 bits per heavy atom. The van der Waals surface area contributed by atoms with Gasteiger partial charge in [0.2, 0.25) is 0 Å². The molecule has 1 fully saturated rings. The number of carbonyl (C=O) groups excluding carboxylic acids is 1. The highest BCUT2D eigenvalue weighted by molar-refractivity contribution is 5.97. The molecule has 0 bridgehead atoms. The van der Waals surface area contributed by atoms with Crippen LogP contribution in [0.25, 0.3) is 0 Å². The van der Waals surface area contributed by atoms with E-state index in [1.165, 1.54) is 0 Å². The van der Waals surface area contributed by atoms with Crippen LogP contribution in [-0.2, 0) is 11.2 Å². The Morgan fingerprint density at radius 2 is 2.12 bits per heavy atom. The van der Waals surface area contributed by atoms with Crippen LogP contribution in [0.2, 0.25) is 0 Å². The minimum Gasteiger partial charge on any atom is -0.356 e. The van der Waals surface area contributed by atoms with Gasteiger partial charge >= 0.3 is 0 Å². The molecule has 3 nitrogen and oxygen atoms in total. The quantitative estimate of drug-likeness (QED) is 0.740. The van der Waals surface area contributed by atoms with Crippen LogP contribution in [0.15, 0.2) is 24.3 Å². The summed E-state index contributed by atoms with van der Waals surface area (Å²) in [5.41, 5.74) is 1.96. The lowest BCUT2D eigenvalue weighted by molar-refractivity contribution is 0.0194. The molecule has 17 heavy (non-hydrogen) atoms. The minimum atomic E-state index is -0.0511. The number of hydrogen-bond acceptors (Lipinski definition) is 2. The SMILES string of the molecule is CC(C)[C@H]1CO[C@H]2Cc3ccccc3C(=O)N21. The smallest absolute Gasteiger partial charge is 0.256 e. The summed E-state index contributed by atoms with van der Waals surface area (Å²) in [5.74, 6) is 0.572. The number of benzene rings is 1. The van der Waals surface area contributed by atoms with E-state index >= 15 is 0 Å². The predicted octanol–water partition coefficient (Wildman–Crippen LogP) is 2.07. The number of rotatable bonds is 1. The Morgan fingerprint density at radius 1 is 1.35 bits per heavy atom. The second-order valence-electron chi connectivity index (χ2n) is 5.17. The fourth-order valence-electron chi connectivity index (χ4n) is 2.77. The Bertz CT molecular complexity index is 455. The highest BCUT2D eigenvalue weighted by Gasteiger charge is 2.43. The monoisotopic (exact) mass is 231 g/mol. The highest BCUT2D eigenvalue weighted by atomic mass is 16.5. The van der Waals surface area contributed by atoms with E-state index in [1.807, 2.05) is 29.2 Å². The average Bonchev–Trinajstić information content (AvgIpc) is 2.73. The molecule has 2 atom stereocenters. The third-order valence-corrected chi connectivity index (χ3v) is 3.77. The van der Waals surface area contributed by atoms with Crippen LogP contribution in [-0.4, -0.2) is 29.7 Å². The van der Waals surface area contributed by atoms with Gasteiger partial charge in [0.25, 0.3) is 5.91 Å². The summed E-state index contributed by atoms with van der Waals surface area (Å²) in [6.07, 6.45) is 0.773. The summed E-state index contributed by atoms with van der Waals surface area (Å²) in [6.45, 7) is 4.95. The molecule has 1 amide bonds. The molecular formula is C14H17NO2. The van der Waals surface area contributed by atoms with Gasteiger partial charge in [-0.2, -0.15) is 0 Å². The van der Waals surface area contributed by atoms with Gasteiger partial charge in [0, 0.05) is 12.0 Å². The van der Waals surface area contributed by atoms with E-state index in [9.17, 15) is 4.79 Å². The van der Waals surface area contributed by atoms with Crippen molar-refractivity contribution in [1.29, 1.82) is 0 Å². The van der Waals surface area contributed by atoms with Crippen LogP contribution in [0.1, 0.15) is 29.8 Å². The molecule has 0 unspecified atom stereocenters. The second kappa shape index (κ2) is 3.84. The lowest BCUT2D eigenvalue weighted by Gasteiger charge is -2.34. The van der Waals surface area contributed by atoms with Crippen molar-refractivity contribution < 1.29 is 9.53 Å². The molecule has 1 saturated heterocycles. The first-order chi connectivity index (χ1) is 8.18. The molecule has 0 saturated carbocycles. The molecule has 1 aromatic rings. The van der Waals surface area contributed by atoms with E-state index in [0.717, 1.165) is 17.5 Å². The maximum atomic E-state index is 12.5. The number of fused-ring (bicyclic) bond motifs is 2. The summed E-state index contributed by atoms with van der Waals surface area (Å²) in [4.78, 5) is 14.4. The minimum absolute atomic E-state index is 0.0511. The van der Waals surface area contributed by atoms with Crippen LogP contribution < -0.4 is 0 Å². The summed E-state index contributed by atoms with van der Waals surface area (Å²) in [7, 11) is 0.